The maximum Gasteiger partial charge on any atom is 0.266 e. The Kier molecular flexibility index (Phi) is 10.8. The fourth-order valence-corrected chi connectivity index (χ4v) is 6.62. The van der Waals surface area contributed by atoms with E-state index in [2.05, 4.69) is 15.5 Å². The maximum atomic E-state index is 12.9. The van der Waals surface area contributed by atoms with Gasteiger partial charge < -0.3 is 10.1 Å². The first-order valence-electron chi connectivity index (χ1n) is 12.7. The van der Waals surface area contributed by atoms with Crippen LogP contribution in [0.5, 0.6) is 5.75 Å². The SMILES string of the molecule is O=C(CCCCCN1C(=O)/C(=C/c2ccc(OC3CCCCC3)cc2)SC1=S)Nc1nnc(CCCl)s1. The number of nitrogens with zero attached hydrogens (tertiary/aromatic N) is 3. The van der Waals surface area contributed by atoms with E-state index in [1.165, 1.54) is 42.4 Å². The molecule has 1 saturated heterocycles. The second-order valence-corrected chi connectivity index (χ2v) is 12.2. The van der Waals surface area contributed by atoms with Gasteiger partial charge in [-0.3, -0.25) is 14.5 Å². The van der Waals surface area contributed by atoms with Crippen LogP contribution in [0.4, 0.5) is 5.13 Å². The minimum Gasteiger partial charge on any atom is -0.490 e. The van der Waals surface area contributed by atoms with Crippen molar-refractivity contribution in [2.24, 2.45) is 0 Å². The predicted octanol–water partition coefficient (Wildman–Crippen LogP) is 6.43. The van der Waals surface area contributed by atoms with Crippen molar-refractivity contribution in [3.05, 3.63) is 39.7 Å². The molecule has 4 rings (SSSR count). The summed E-state index contributed by atoms with van der Waals surface area (Å²) >= 11 is 13.8. The zero-order chi connectivity index (χ0) is 26.0. The molecule has 1 saturated carbocycles. The molecule has 2 heterocycles. The van der Waals surface area contributed by atoms with Crippen LogP contribution in [0.25, 0.3) is 6.08 Å². The summed E-state index contributed by atoms with van der Waals surface area (Å²) < 4.78 is 6.68. The standard InChI is InChI=1S/C26H31ClN4O3S3/c27-15-14-23-29-30-25(37-23)28-22(32)9-5-2-6-16-31-24(33)21(36-26(31)35)17-18-10-12-20(13-11-18)34-19-7-3-1-4-8-19/h10-13,17,19H,1-9,14-16H2,(H,28,30,32)/b21-17-. The van der Waals surface area contributed by atoms with Crippen LogP contribution in [0.2, 0.25) is 0 Å². The van der Waals surface area contributed by atoms with Crippen molar-refractivity contribution in [3.63, 3.8) is 0 Å². The quantitative estimate of drug-likeness (QED) is 0.134. The van der Waals surface area contributed by atoms with Crippen LogP contribution in [-0.2, 0) is 16.0 Å². The third-order valence-electron chi connectivity index (χ3n) is 6.21. The van der Waals surface area contributed by atoms with Crippen molar-refractivity contribution in [2.45, 2.75) is 70.3 Å². The molecule has 0 atom stereocenters. The van der Waals surface area contributed by atoms with Gasteiger partial charge in [-0.1, -0.05) is 60.3 Å². The van der Waals surface area contributed by atoms with Crippen molar-refractivity contribution in [3.8, 4) is 5.75 Å². The molecule has 2 aliphatic rings. The largest absolute Gasteiger partial charge is 0.490 e. The van der Waals surface area contributed by atoms with Gasteiger partial charge in [0.2, 0.25) is 11.0 Å². The van der Waals surface area contributed by atoms with Gasteiger partial charge in [-0.25, -0.2) is 0 Å². The highest BCUT2D eigenvalue weighted by atomic mass is 35.5. The second-order valence-electron chi connectivity index (χ2n) is 9.08. The first-order chi connectivity index (χ1) is 18.0. The fraction of sp³-hybridized carbons (Fsp3) is 0.500. The van der Waals surface area contributed by atoms with Crippen molar-refractivity contribution >= 4 is 74.3 Å². The Hall–Kier alpha value is -2.01. The number of nitrogens with one attached hydrogen (secondary N) is 1. The molecule has 2 fully saturated rings. The molecule has 198 valence electrons. The number of aromatic nitrogens is 2. The first-order valence-corrected chi connectivity index (χ1v) is 15.3. The van der Waals surface area contributed by atoms with Gasteiger partial charge in [0.05, 0.1) is 11.0 Å². The van der Waals surface area contributed by atoms with Crippen LogP contribution >= 0.6 is 46.9 Å². The molecule has 37 heavy (non-hydrogen) atoms. The van der Waals surface area contributed by atoms with Gasteiger partial charge in [0.1, 0.15) is 15.1 Å². The zero-order valence-electron chi connectivity index (χ0n) is 20.6. The number of anilines is 1. The maximum absolute atomic E-state index is 12.9. The lowest BCUT2D eigenvalue weighted by molar-refractivity contribution is -0.122. The summed E-state index contributed by atoms with van der Waals surface area (Å²) in [7, 11) is 0. The Morgan fingerprint density at radius 2 is 1.95 bits per heavy atom. The van der Waals surface area contributed by atoms with E-state index in [1.54, 1.807) is 4.90 Å². The Labute approximate surface area is 236 Å². The number of aryl methyl sites for hydroxylation is 1. The highest BCUT2D eigenvalue weighted by Gasteiger charge is 2.31. The number of benzene rings is 1. The average molecular weight is 579 g/mol. The second kappa shape index (κ2) is 14.2. The van der Waals surface area contributed by atoms with E-state index in [-0.39, 0.29) is 11.8 Å². The van der Waals surface area contributed by atoms with Crippen molar-refractivity contribution in [1.82, 2.24) is 15.1 Å². The summed E-state index contributed by atoms with van der Waals surface area (Å²) in [5, 5.41) is 12.0. The third kappa shape index (κ3) is 8.49. The van der Waals surface area contributed by atoms with Gasteiger partial charge in [-0.05, 0) is 62.3 Å². The third-order valence-corrected chi connectivity index (χ3v) is 8.68. The first kappa shape index (κ1) is 28.0. The Bertz CT molecular complexity index is 1120. The van der Waals surface area contributed by atoms with Crippen LogP contribution < -0.4 is 10.1 Å². The van der Waals surface area contributed by atoms with E-state index < -0.39 is 0 Å². The smallest absolute Gasteiger partial charge is 0.266 e. The number of thioether (sulfide) groups is 1. The average Bonchev–Trinajstić information content (AvgIpc) is 3.44. The molecular formula is C26H31ClN4O3S3. The lowest BCUT2D eigenvalue weighted by atomic mass is 9.98. The van der Waals surface area contributed by atoms with Gasteiger partial charge in [0, 0.05) is 25.3 Å². The van der Waals surface area contributed by atoms with Gasteiger partial charge in [0.15, 0.2) is 0 Å². The van der Waals surface area contributed by atoms with Crippen LogP contribution in [0, 0.1) is 0 Å². The summed E-state index contributed by atoms with van der Waals surface area (Å²) in [5.74, 6) is 1.21. The van der Waals surface area contributed by atoms with Gasteiger partial charge in [-0.2, -0.15) is 0 Å². The van der Waals surface area contributed by atoms with E-state index >= 15 is 0 Å². The van der Waals surface area contributed by atoms with Crippen LogP contribution in [-0.4, -0.2) is 49.8 Å². The Morgan fingerprint density at radius 1 is 1.16 bits per heavy atom. The van der Waals surface area contributed by atoms with Crippen LogP contribution in [0.15, 0.2) is 29.2 Å². The number of hydrogen-bond acceptors (Lipinski definition) is 8. The molecule has 2 aromatic rings. The number of rotatable bonds is 12. The molecule has 0 radical (unpaired) electrons. The Morgan fingerprint density at radius 3 is 2.70 bits per heavy atom. The molecule has 1 aliphatic heterocycles. The summed E-state index contributed by atoms with van der Waals surface area (Å²) in [4.78, 5) is 27.3. The van der Waals surface area contributed by atoms with Gasteiger partial charge in [0.25, 0.3) is 5.91 Å². The molecule has 1 aromatic carbocycles. The van der Waals surface area contributed by atoms with E-state index in [9.17, 15) is 9.59 Å². The minimum atomic E-state index is -0.0859. The number of carbonyl (C=O) groups is 2. The number of halogens is 1. The summed E-state index contributed by atoms with van der Waals surface area (Å²) in [6, 6.07) is 7.91. The zero-order valence-corrected chi connectivity index (χ0v) is 23.8. The number of alkyl halides is 1. The predicted molar refractivity (Wildman–Crippen MR) is 155 cm³/mol. The molecule has 1 aliphatic carbocycles. The monoisotopic (exact) mass is 578 g/mol. The molecule has 0 unspecified atom stereocenters. The minimum absolute atomic E-state index is 0.0562. The lowest BCUT2D eigenvalue weighted by Gasteiger charge is -2.22. The molecular weight excluding hydrogens is 548 g/mol. The lowest BCUT2D eigenvalue weighted by Crippen LogP contribution is -2.29. The van der Waals surface area contributed by atoms with Crippen molar-refractivity contribution < 1.29 is 14.3 Å². The Balaban J connectivity index is 1.18. The number of amides is 2. The number of carbonyl (C=O) groups excluding carboxylic acids is 2. The van der Waals surface area contributed by atoms with E-state index in [1.807, 2.05) is 30.3 Å². The topological polar surface area (TPSA) is 84.4 Å². The van der Waals surface area contributed by atoms with E-state index in [4.69, 9.17) is 28.6 Å². The fourth-order valence-electron chi connectivity index (χ4n) is 4.26. The summed E-state index contributed by atoms with van der Waals surface area (Å²) in [5.41, 5.74) is 0.952. The van der Waals surface area contributed by atoms with Crippen molar-refractivity contribution in [1.29, 1.82) is 0 Å². The normalized spacial score (nSPS) is 17.5. The molecule has 7 nitrogen and oxygen atoms in total. The van der Waals surface area contributed by atoms with Crippen molar-refractivity contribution in [2.75, 3.05) is 17.7 Å². The molecule has 0 spiro atoms. The summed E-state index contributed by atoms with van der Waals surface area (Å²) in [6.45, 7) is 0.552. The number of unbranched alkanes of at least 4 members (excludes halogenated alkanes) is 2. The highest BCUT2D eigenvalue weighted by Crippen LogP contribution is 2.33. The molecule has 2 amide bonds. The molecule has 1 N–H and O–H groups in total. The number of hydrogen-bond donors (Lipinski definition) is 1. The van der Waals surface area contributed by atoms with E-state index in [0.29, 0.717) is 45.7 Å². The highest BCUT2D eigenvalue weighted by molar-refractivity contribution is 8.26. The van der Waals surface area contributed by atoms with Crippen LogP contribution in [0.3, 0.4) is 0 Å². The van der Waals surface area contributed by atoms with Gasteiger partial charge >= 0.3 is 0 Å². The molecule has 11 heteroatoms. The van der Waals surface area contributed by atoms with Gasteiger partial charge in [-0.15, -0.1) is 21.8 Å². The van der Waals surface area contributed by atoms with E-state index in [0.717, 1.165) is 48.4 Å². The summed E-state index contributed by atoms with van der Waals surface area (Å²) in [6.07, 6.45) is 11.6. The number of thiocarbonyl (C=S) groups is 1. The number of ether oxygens (including phenoxy) is 1. The molecule has 1 aromatic heterocycles. The van der Waals surface area contributed by atoms with Crippen LogP contribution in [0.1, 0.15) is 68.4 Å². The molecule has 0 bridgehead atoms.